The van der Waals surface area contributed by atoms with Gasteiger partial charge in [-0.15, -0.1) is 0 Å². The molecule has 1 aromatic rings. The van der Waals surface area contributed by atoms with Gasteiger partial charge < -0.3 is 15.7 Å². The van der Waals surface area contributed by atoms with Crippen LogP contribution >= 0.6 is 0 Å². The second-order valence-electron chi connectivity index (χ2n) is 5.30. The molecular weight excluding hydrogens is 240 g/mol. The molecule has 104 valence electrons. The van der Waals surface area contributed by atoms with Crippen LogP contribution in [-0.4, -0.2) is 24.1 Å². The second kappa shape index (κ2) is 6.57. The molecule has 1 aliphatic rings. The van der Waals surface area contributed by atoms with Crippen molar-refractivity contribution < 1.29 is 9.90 Å². The number of piperidine rings is 1. The average molecular weight is 262 g/mol. The third-order valence-corrected chi connectivity index (χ3v) is 3.66. The number of carbonyl (C=O) groups is 1. The fourth-order valence-corrected chi connectivity index (χ4v) is 2.47. The SMILES string of the molecule is Cc1ccc(O)c(NC(=O)CCC2CCNCC2)c1. The third-order valence-electron chi connectivity index (χ3n) is 3.66. The van der Waals surface area contributed by atoms with E-state index in [1.807, 2.05) is 13.0 Å². The van der Waals surface area contributed by atoms with Crippen LogP contribution in [0.3, 0.4) is 0 Å². The van der Waals surface area contributed by atoms with Gasteiger partial charge in [0.15, 0.2) is 0 Å². The summed E-state index contributed by atoms with van der Waals surface area (Å²) in [7, 11) is 0. The lowest BCUT2D eigenvalue weighted by Gasteiger charge is -2.22. The highest BCUT2D eigenvalue weighted by Gasteiger charge is 2.15. The van der Waals surface area contributed by atoms with Crippen molar-refractivity contribution in [3.63, 3.8) is 0 Å². The fraction of sp³-hybridized carbons (Fsp3) is 0.533. The normalized spacial score (nSPS) is 16.3. The van der Waals surface area contributed by atoms with Crippen LogP contribution in [0.1, 0.15) is 31.2 Å². The summed E-state index contributed by atoms with van der Waals surface area (Å²) in [6, 6.07) is 5.22. The van der Waals surface area contributed by atoms with Crippen LogP contribution in [0.15, 0.2) is 18.2 Å². The first-order chi connectivity index (χ1) is 9.15. The van der Waals surface area contributed by atoms with E-state index in [9.17, 15) is 9.90 Å². The number of amides is 1. The van der Waals surface area contributed by atoms with Crippen molar-refractivity contribution in [3.05, 3.63) is 23.8 Å². The zero-order valence-corrected chi connectivity index (χ0v) is 11.4. The summed E-state index contributed by atoms with van der Waals surface area (Å²) in [5.74, 6) is 0.762. The molecule has 4 nitrogen and oxygen atoms in total. The molecule has 1 amide bonds. The van der Waals surface area contributed by atoms with Crippen LogP contribution in [0.2, 0.25) is 0 Å². The Morgan fingerprint density at radius 2 is 2.16 bits per heavy atom. The van der Waals surface area contributed by atoms with Crippen molar-refractivity contribution >= 4 is 11.6 Å². The van der Waals surface area contributed by atoms with E-state index in [1.54, 1.807) is 12.1 Å². The first-order valence-electron chi connectivity index (χ1n) is 6.95. The first-order valence-corrected chi connectivity index (χ1v) is 6.95. The van der Waals surface area contributed by atoms with Crippen LogP contribution in [0.4, 0.5) is 5.69 Å². The van der Waals surface area contributed by atoms with Gasteiger partial charge in [0.25, 0.3) is 0 Å². The second-order valence-corrected chi connectivity index (χ2v) is 5.30. The molecule has 0 aromatic heterocycles. The smallest absolute Gasteiger partial charge is 0.224 e. The van der Waals surface area contributed by atoms with Crippen molar-refractivity contribution in [1.82, 2.24) is 5.32 Å². The van der Waals surface area contributed by atoms with E-state index in [0.717, 1.165) is 37.9 Å². The van der Waals surface area contributed by atoms with Gasteiger partial charge in [-0.1, -0.05) is 6.07 Å². The predicted octanol–water partition coefficient (Wildman–Crippen LogP) is 2.42. The number of hydrogen-bond acceptors (Lipinski definition) is 3. The summed E-state index contributed by atoms with van der Waals surface area (Å²) in [4.78, 5) is 11.9. The minimum Gasteiger partial charge on any atom is -0.506 e. The molecule has 3 N–H and O–H groups in total. The molecule has 0 spiro atoms. The summed E-state index contributed by atoms with van der Waals surface area (Å²) in [5.41, 5.74) is 1.53. The van der Waals surface area contributed by atoms with E-state index in [1.165, 1.54) is 0 Å². The maximum absolute atomic E-state index is 11.9. The van der Waals surface area contributed by atoms with E-state index < -0.39 is 0 Å². The maximum Gasteiger partial charge on any atom is 0.224 e. The number of aromatic hydroxyl groups is 1. The largest absolute Gasteiger partial charge is 0.506 e. The Bertz CT molecular complexity index is 440. The Hall–Kier alpha value is -1.55. The van der Waals surface area contributed by atoms with Gasteiger partial charge in [0, 0.05) is 6.42 Å². The third kappa shape index (κ3) is 4.24. The van der Waals surface area contributed by atoms with Crippen LogP contribution in [0.5, 0.6) is 5.75 Å². The van der Waals surface area contributed by atoms with Crippen LogP contribution in [-0.2, 0) is 4.79 Å². The monoisotopic (exact) mass is 262 g/mol. The minimum atomic E-state index is -0.0144. The molecule has 1 aliphatic heterocycles. The zero-order chi connectivity index (χ0) is 13.7. The van der Waals surface area contributed by atoms with Crippen molar-refractivity contribution in [3.8, 4) is 5.75 Å². The van der Waals surface area contributed by atoms with Crippen LogP contribution < -0.4 is 10.6 Å². The maximum atomic E-state index is 11.9. The molecule has 0 aliphatic carbocycles. The summed E-state index contributed by atoms with van der Waals surface area (Å²) >= 11 is 0. The number of rotatable bonds is 4. The number of phenolic OH excluding ortho intramolecular Hbond substituents is 1. The molecule has 0 saturated carbocycles. The molecule has 19 heavy (non-hydrogen) atoms. The van der Waals surface area contributed by atoms with Gasteiger partial charge in [-0.2, -0.15) is 0 Å². The summed E-state index contributed by atoms with van der Waals surface area (Å²) < 4.78 is 0. The van der Waals surface area contributed by atoms with Crippen molar-refractivity contribution in [1.29, 1.82) is 0 Å². The quantitative estimate of drug-likeness (QED) is 0.730. The van der Waals surface area contributed by atoms with Crippen molar-refractivity contribution in [2.75, 3.05) is 18.4 Å². The van der Waals surface area contributed by atoms with Crippen molar-refractivity contribution in [2.45, 2.75) is 32.6 Å². The molecule has 1 fully saturated rings. The van der Waals surface area contributed by atoms with E-state index in [4.69, 9.17) is 0 Å². The molecule has 0 bridgehead atoms. The van der Waals surface area contributed by atoms with Gasteiger partial charge in [-0.3, -0.25) is 4.79 Å². The van der Waals surface area contributed by atoms with E-state index in [2.05, 4.69) is 10.6 Å². The number of aryl methyl sites for hydroxylation is 1. The van der Waals surface area contributed by atoms with Gasteiger partial charge in [-0.25, -0.2) is 0 Å². The number of hydrogen-bond donors (Lipinski definition) is 3. The minimum absolute atomic E-state index is 0.0144. The number of nitrogens with one attached hydrogen (secondary N) is 2. The molecule has 4 heteroatoms. The summed E-state index contributed by atoms with van der Waals surface area (Å²) in [6.07, 6.45) is 3.77. The van der Waals surface area contributed by atoms with Gasteiger partial charge >= 0.3 is 0 Å². The Balaban J connectivity index is 1.81. The first kappa shape index (κ1) is 13.9. The van der Waals surface area contributed by atoms with E-state index in [-0.39, 0.29) is 11.7 Å². The topological polar surface area (TPSA) is 61.4 Å². The van der Waals surface area contributed by atoms with Crippen LogP contribution in [0.25, 0.3) is 0 Å². The number of carbonyl (C=O) groups excluding carboxylic acids is 1. The molecule has 2 rings (SSSR count). The van der Waals surface area contributed by atoms with Gasteiger partial charge in [0.2, 0.25) is 5.91 Å². The highest BCUT2D eigenvalue weighted by Crippen LogP contribution is 2.24. The number of phenols is 1. The lowest BCUT2D eigenvalue weighted by molar-refractivity contribution is -0.116. The Labute approximate surface area is 114 Å². The zero-order valence-electron chi connectivity index (χ0n) is 11.4. The molecule has 1 aromatic carbocycles. The fourth-order valence-electron chi connectivity index (χ4n) is 2.47. The number of benzene rings is 1. The van der Waals surface area contributed by atoms with Crippen molar-refractivity contribution in [2.24, 2.45) is 5.92 Å². The molecule has 1 heterocycles. The highest BCUT2D eigenvalue weighted by molar-refractivity contribution is 5.92. The van der Waals surface area contributed by atoms with E-state index >= 15 is 0 Å². The summed E-state index contributed by atoms with van der Waals surface area (Å²) in [5, 5.41) is 15.8. The predicted molar refractivity (Wildman–Crippen MR) is 76.3 cm³/mol. The lowest BCUT2D eigenvalue weighted by Crippen LogP contribution is -2.28. The van der Waals surface area contributed by atoms with Crippen LogP contribution in [0, 0.1) is 12.8 Å². The molecule has 0 radical (unpaired) electrons. The highest BCUT2D eigenvalue weighted by atomic mass is 16.3. The Kier molecular flexibility index (Phi) is 4.80. The molecule has 0 unspecified atom stereocenters. The van der Waals surface area contributed by atoms with Gasteiger partial charge in [0.05, 0.1) is 5.69 Å². The van der Waals surface area contributed by atoms with Gasteiger partial charge in [-0.05, 0) is 62.9 Å². The standard InChI is InChI=1S/C15H22N2O2/c1-11-2-4-14(18)13(10-11)17-15(19)5-3-12-6-8-16-9-7-12/h2,4,10,12,16,18H,3,5-9H2,1H3,(H,17,19). The number of anilines is 1. The molecule has 1 saturated heterocycles. The average Bonchev–Trinajstić information content (AvgIpc) is 2.42. The van der Waals surface area contributed by atoms with E-state index in [0.29, 0.717) is 18.0 Å². The Morgan fingerprint density at radius 3 is 2.89 bits per heavy atom. The molecular formula is C15H22N2O2. The van der Waals surface area contributed by atoms with Gasteiger partial charge in [0.1, 0.15) is 5.75 Å². The summed E-state index contributed by atoms with van der Waals surface area (Å²) in [6.45, 7) is 4.06. The lowest BCUT2D eigenvalue weighted by atomic mass is 9.93. The Morgan fingerprint density at radius 1 is 1.42 bits per heavy atom. The molecule has 0 atom stereocenters.